The van der Waals surface area contributed by atoms with E-state index in [1.165, 1.54) is 0 Å². The van der Waals surface area contributed by atoms with Gasteiger partial charge in [-0.05, 0) is 13.8 Å². The Hall–Kier alpha value is 0.830. The fourth-order valence-electron chi connectivity index (χ4n) is 0. The van der Waals surface area contributed by atoms with Crippen LogP contribution < -0.4 is 0 Å². The smallest absolute Gasteiger partial charge is 0.180 e. The second-order valence-corrected chi connectivity index (χ2v) is 3.51. The van der Waals surface area contributed by atoms with E-state index in [4.69, 9.17) is 39.5 Å². The lowest BCUT2D eigenvalue weighted by molar-refractivity contribution is 0.134. The van der Waals surface area contributed by atoms with Crippen molar-refractivity contribution in [2.24, 2.45) is 0 Å². The average Bonchev–Trinajstić information content (AvgIpc) is 1.65. The van der Waals surface area contributed by atoms with Crippen LogP contribution in [0.3, 0.4) is 0 Å². The molecule has 0 heterocycles. The SMILES string of the molecule is COC(C)C.ClC(Cl)Cl. The summed E-state index contributed by atoms with van der Waals surface area (Å²) >= 11 is 14.4. The highest BCUT2D eigenvalue weighted by molar-refractivity contribution is 6.63. The predicted molar refractivity (Wildman–Crippen MR) is 43.5 cm³/mol. The van der Waals surface area contributed by atoms with Crippen molar-refractivity contribution in [1.29, 1.82) is 0 Å². The third-order valence-corrected chi connectivity index (χ3v) is 0.471. The molecule has 1 nitrogen and oxygen atoms in total. The molecule has 0 bridgehead atoms. The molecule has 0 aromatic heterocycles. The summed E-state index contributed by atoms with van der Waals surface area (Å²) in [4.78, 5) is 0. The molecule has 0 spiro atoms. The maximum atomic E-state index is 4.81. The average molecular weight is 194 g/mol. The zero-order valence-electron chi connectivity index (χ0n) is 5.70. The molecular formula is C5H11Cl3O. The van der Waals surface area contributed by atoms with Gasteiger partial charge in [0.25, 0.3) is 0 Å². The number of ether oxygens (including phenoxy) is 1. The van der Waals surface area contributed by atoms with Crippen LogP contribution in [0.25, 0.3) is 0 Å². The first-order chi connectivity index (χ1) is 4.00. The molecule has 0 N–H and O–H groups in total. The molecule has 9 heavy (non-hydrogen) atoms. The molecule has 4 heteroatoms. The molecule has 0 aromatic carbocycles. The number of halogens is 3. The van der Waals surface area contributed by atoms with Gasteiger partial charge < -0.3 is 4.74 Å². The number of methoxy groups -OCH3 is 1. The molecule has 0 aliphatic heterocycles. The molecule has 0 saturated heterocycles. The topological polar surface area (TPSA) is 9.23 Å². The summed E-state index contributed by atoms with van der Waals surface area (Å²) in [6.07, 6.45) is 0.384. The summed E-state index contributed by atoms with van der Waals surface area (Å²) in [7, 11) is 1.70. The maximum Gasteiger partial charge on any atom is 0.180 e. The number of rotatable bonds is 1. The quantitative estimate of drug-likeness (QED) is 0.582. The van der Waals surface area contributed by atoms with Gasteiger partial charge >= 0.3 is 0 Å². The monoisotopic (exact) mass is 192 g/mol. The molecule has 0 rings (SSSR count). The molecule has 58 valence electrons. The molecule has 0 saturated carbocycles. The molecule has 0 aromatic rings. The predicted octanol–water partition coefficient (Wildman–Crippen LogP) is 3.03. The molecule has 0 atom stereocenters. The summed E-state index contributed by atoms with van der Waals surface area (Å²) in [5, 5.41) is 0. The molecule has 0 fully saturated rings. The summed E-state index contributed by atoms with van der Waals surface area (Å²) < 4.78 is 4.00. The minimum atomic E-state index is -0.750. The van der Waals surface area contributed by atoms with Gasteiger partial charge in [-0.1, -0.05) is 34.8 Å². The van der Waals surface area contributed by atoms with Gasteiger partial charge in [0.1, 0.15) is 0 Å². The Kier molecular flexibility index (Phi) is 12.3. The fourth-order valence-corrected chi connectivity index (χ4v) is 0. The van der Waals surface area contributed by atoms with E-state index >= 15 is 0 Å². The van der Waals surface area contributed by atoms with E-state index in [-0.39, 0.29) is 0 Å². The standard InChI is InChI=1S/C4H10O.CHCl3/c1-4(2)5-3;2-1(3)4/h4H,1-3H3;1H. The highest BCUT2D eigenvalue weighted by Crippen LogP contribution is 2.03. The lowest BCUT2D eigenvalue weighted by Gasteiger charge is -1.94. The summed E-state index contributed by atoms with van der Waals surface area (Å²) in [6.45, 7) is 4.00. The van der Waals surface area contributed by atoms with Crippen molar-refractivity contribution in [3.05, 3.63) is 0 Å². The normalized spacial score (nSPS) is 9.33. The van der Waals surface area contributed by atoms with E-state index < -0.39 is 4.30 Å². The van der Waals surface area contributed by atoms with Crippen molar-refractivity contribution in [2.75, 3.05) is 7.11 Å². The van der Waals surface area contributed by atoms with Gasteiger partial charge in [0, 0.05) is 7.11 Å². The number of hydrogen-bond donors (Lipinski definition) is 0. The molecule has 0 amide bonds. The fraction of sp³-hybridized carbons (Fsp3) is 1.00. The minimum absolute atomic E-state index is 0.384. The van der Waals surface area contributed by atoms with E-state index in [0.29, 0.717) is 6.10 Å². The van der Waals surface area contributed by atoms with Gasteiger partial charge in [0.2, 0.25) is 0 Å². The summed E-state index contributed by atoms with van der Waals surface area (Å²) in [5.74, 6) is 0. The molecule has 0 aliphatic carbocycles. The number of alkyl halides is 3. The van der Waals surface area contributed by atoms with Gasteiger partial charge in [-0.3, -0.25) is 0 Å². The Balaban J connectivity index is 0. The van der Waals surface area contributed by atoms with Crippen molar-refractivity contribution in [2.45, 2.75) is 24.2 Å². The number of hydrogen-bond acceptors (Lipinski definition) is 1. The Bertz CT molecular complexity index is 44.7. The zero-order chi connectivity index (χ0) is 7.86. The van der Waals surface area contributed by atoms with Crippen LogP contribution in [-0.2, 0) is 4.74 Å². The first-order valence-corrected chi connectivity index (χ1v) is 3.76. The van der Waals surface area contributed by atoms with Gasteiger partial charge in [-0.25, -0.2) is 0 Å². The van der Waals surface area contributed by atoms with Gasteiger partial charge in [0.05, 0.1) is 6.10 Å². The van der Waals surface area contributed by atoms with E-state index in [1.807, 2.05) is 13.8 Å². The highest BCUT2D eigenvalue weighted by atomic mass is 35.6. The summed E-state index contributed by atoms with van der Waals surface area (Å²) in [6, 6.07) is 0. The van der Waals surface area contributed by atoms with Crippen LogP contribution in [0.4, 0.5) is 0 Å². The van der Waals surface area contributed by atoms with E-state index in [2.05, 4.69) is 0 Å². The van der Waals surface area contributed by atoms with Crippen molar-refractivity contribution in [3.63, 3.8) is 0 Å². The van der Waals surface area contributed by atoms with Crippen molar-refractivity contribution in [1.82, 2.24) is 0 Å². The highest BCUT2D eigenvalue weighted by Gasteiger charge is 1.79. The first-order valence-electron chi connectivity index (χ1n) is 2.45. The van der Waals surface area contributed by atoms with Crippen LogP contribution >= 0.6 is 34.8 Å². The second kappa shape index (κ2) is 8.83. The van der Waals surface area contributed by atoms with Gasteiger partial charge in [-0.15, -0.1) is 0 Å². The molecule has 0 aliphatic rings. The van der Waals surface area contributed by atoms with Crippen molar-refractivity contribution >= 4 is 34.8 Å². The third-order valence-electron chi connectivity index (χ3n) is 0.471. The van der Waals surface area contributed by atoms with Gasteiger partial charge in [-0.2, -0.15) is 0 Å². The van der Waals surface area contributed by atoms with E-state index in [1.54, 1.807) is 7.11 Å². The summed E-state index contributed by atoms with van der Waals surface area (Å²) in [5.41, 5.74) is 0. The Labute approximate surface area is 71.2 Å². The molecular weight excluding hydrogens is 182 g/mol. The minimum Gasteiger partial charge on any atom is -0.382 e. The van der Waals surface area contributed by atoms with Crippen molar-refractivity contribution in [3.8, 4) is 0 Å². The Morgan fingerprint density at radius 1 is 1.11 bits per heavy atom. The van der Waals surface area contributed by atoms with Crippen LogP contribution in [-0.4, -0.2) is 17.5 Å². The molecule has 0 radical (unpaired) electrons. The zero-order valence-corrected chi connectivity index (χ0v) is 7.96. The third kappa shape index (κ3) is 51.4. The largest absolute Gasteiger partial charge is 0.382 e. The van der Waals surface area contributed by atoms with Crippen LogP contribution in [0, 0.1) is 0 Å². The van der Waals surface area contributed by atoms with Crippen LogP contribution in [0.15, 0.2) is 0 Å². The lowest BCUT2D eigenvalue weighted by Crippen LogP contribution is -1.94. The molecule has 0 unspecified atom stereocenters. The maximum absolute atomic E-state index is 4.81. The van der Waals surface area contributed by atoms with E-state index in [9.17, 15) is 0 Å². The Morgan fingerprint density at radius 3 is 1.22 bits per heavy atom. The lowest BCUT2D eigenvalue weighted by atomic mass is 10.5. The van der Waals surface area contributed by atoms with Crippen LogP contribution in [0.2, 0.25) is 0 Å². The second-order valence-electron chi connectivity index (χ2n) is 1.53. The first kappa shape index (κ1) is 12.5. The van der Waals surface area contributed by atoms with Crippen LogP contribution in [0.1, 0.15) is 13.8 Å². The van der Waals surface area contributed by atoms with Gasteiger partial charge in [0.15, 0.2) is 4.30 Å². The van der Waals surface area contributed by atoms with Crippen molar-refractivity contribution < 1.29 is 4.74 Å². The Morgan fingerprint density at radius 2 is 1.22 bits per heavy atom. The van der Waals surface area contributed by atoms with E-state index in [0.717, 1.165) is 0 Å². The van der Waals surface area contributed by atoms with Crippen LogP contribution in [0.5, 0.6) is 0 Å².